The number of aromatic amines is 1. The van der Waals surface area contributed by atoms with Crippen LogP contribution in [0.3, 0.4) is 0 Å². The van der Waals surface area contributed by atoms with Gasteiger partial charge in [0.15, 0.2) is 0 Å². The van der Waals surface area contributed by atoms with Crippen molar-refractivity contribution in [2.75, 3.05) is 0 Å². The zero-order valence-corrected chi connectivity index (χ0v) is 12.4. The minimum Gasteiger partial charge on any atom is -0.354 e. The van der Waals surface area contributed by atoms with E-state index in [1.165, 1.54) is 16.2 Å². The summed E-state index contributed by atoms with van der Waals surface area (Å²) < 4.78 is 0. The molecule has 3 aromatic carbocycles. The van der Waals surface area contributed by atoms with Crippen molar-refractivity contribution in [3.63, 3.8) is 0 Å². The van der Waals surface area contributed by atoms with Gasteiger partial charge >= 0.3 is 0 Å². The monoisotopic (exact) mass is 293 g/mol. The number of pyridine rings is 1. The lowest BCUT2D eigenvalue weighted by atomic mass is 10.0. The third-order valence-corrected chi connectivity index (χ3v) is 4.35. The van der Waals surface area contributed by atoms with Crippen molar-refractivity contribution in [1.82, 2.24) is 9.97 Å². The van der Waals surface area contributed by atoms with E-state index >= 15 is 0 Å². The standard InChI is InChI=1S/C21H13N2/c1-2-6-16-14(5-1)11-12-22-21(16)15-9-10-18-17-7-3-4-8-19(17)23-20(18)13-15/h1-12,23H. The smallest absolute Gasteiger partial charge is 0.0787 e. The average molecular weight is 293 g/mol. The van der Waals surface area contributed by atoms with Crippen LogP contribution in [0.4, 0.5) is 0 Å². The summed E-state index contributed by atoms with van der Waals surface area (Å²) >= 11 is 0. The van der Waals surface area contributed by atoms with Crippen molar-refractivity contribution in [3.05, 3.63) is 79.0 Å². The molecule has 0 amide bonds. The summed E-state index contributed by atoms with van der Waals surface area (Å²) in [5.74, 6) is 0. The van der Waals surface area contributed by atoms with Gasteiger partial charge in [-0.2, -0.15) is 0 Å². The molecule has 0 aliphatic carbocycles. The van der Waals surface area contributed by atoms with Crippen molar-refractivity contribution in [2.24, 2.45) is 0 Å². The molecule has 2 aromatic heterocycles. The molecule has 0 aliphatic heterocycles. The number of H-pyrrole nitrogens is 1. The average Bonchev–Trinajstić information content (AvgIpc) is 2.99. The number of rotatable bonds is 1. The van der Waals surface area contributed by atoms with Gasteiger partial charge < -0.3 is 4.98 Å². The van der Waals surface area contributed by atoms with E-state index in [0.29, 0.717) is 0 Å². The van der Waals surface area contributed by atoms with E-state index in [2.05, 4.69) is 70.6 Å². The van der Waals surface area contributed by atoms with Crippen molar-refractivity contribution < 1.29 is 0 Å². The van der Waals surface area contributed by atoms with Gasteiger partial charge in [0.1, 0.15) is 0 Å². The quantitative estimate of drug-likeness (QED) is 0.444. The Labute approximate surface area is 133 Å². The van der Waals surface area contributed by atoms with Gasteiger partial charge in [-0.1, -0.05) is 54.6 Å². The highest BCUT2D eigenvalue weighted by Crippen LogP contribution is 2.31. The minimum absolute atomic E-state index is 0.976. The molecule has 1 N–H and O–H groups in total. The maximum absolute atomic E-state index is 4.59. The van der Waals surface area contributed by atoms with E-state index in [9.17, 15) is 0 Å². The van der Waals surface area contributed by atoms with Crippen LogP contribution in [0, 0.1) is 6.07 Å². The molecule has 0 fully saturated rings. The molecular formula is C21H13N2. The van der Waals surface area contributed by atoms with E-state index in [1.807, 2.05) is 18.3 Å². The molecule has 0 atom stereocenters. The zero-order valence-electron chi connectivity index (χ0n) is 12.4. The molecule has 2 nitrogen and oxygen atoms in total. The summed E-state index contributed by atoms with van der Waals surface area (Å²) in [5.41, 5.74) is 4.16. The van der Waals surface area contributed by atoms with Gasteiger partial charge in [-0.25, -0.2) is 0 Å². The van der Waals surface area contributed by atoms with Gasteiger partial charge in [0.05, 0.1) is 11.2 Å². The van der Waals surface area contributed by atoms with Crippen LogP contribution in [0.25, 0.3) is 43.8 Å². The number of nitrogens with zero attached hydrogens (tertiary/aromatic N) is 1. The van der Waals surface area contributed by atoms with E-state index in [1.54, 1.807) is 0 Å². The van der Waals surface area contributed by atoms with Crippen LogP contribution in [0.1, 0.15) is 0 Å². The summed E-state index contributed by atoms with van der Waals surface area (Å²) in [5, 5.41) is 4.78. The van der Waals surface area contributed by atoms with Gasteiger partial charge in [-0.15, -0.1) is 0 Å². The maximum atomic E-state index is 4.59. The van der Waals surface area contributed by atoms with Gasteiger partial charge in [-0.3, -0.25) is 4.98 Å². The van der Waals surface area contributed by atoms with Crippen molar-refractivity contribution >= 4 is 32.6 Å². The summed E-state index contributed by atoms with van der Waals surface area (Å²) in [6.07, 6.45) is 1.86. The Morgan fingerprint density at radius 1 is 0.739 bits per heavy atom. The van der Waals surface area contributed by atoms with Gasteiger partial charge in [0, 0.05) is 39.5 Å². The predicted molar refractivity (Wildman–Crippen MR) is 95.4 cm³/mol. The molecule has 0 bridgehead atoms. The minimum atomic E-state index is 0.976. The molecule has 0 saturated carbocycles. The number of hydrogen-bond donors (Lipinski definition) is 1. The van der Waals surface area contributed by atoms with Crippen LogP contribution in [-0.2, 0) is 0 Å². The normalized spacial score (nSPS) is 11.5. The molecule has 2 heterocycles. The fraction of sp³-hybridized carbons (Fsp3) is 0. The number of nitrogens with one attached hydrogen (secondary N) is 1. The SMILES string of the molecule is [c]1c(-c2nccc3ccccc23)ccc2c1[nH]c1ccccc12. The number of hydrogen-bond acceptors (Lipinski definition) is 1. The van der Waals surface area contributed by atoms with E-state index < -0.39 is 0 Å². The highest BCUT2D eigenvalue weighted by molar-refractivity contribution is 6.08. The predicted octanol–water partition coefficient (Wildman–Crippen LogP) is 5.34. The van der Waals surface area contributed by atoms with Crippen LogP contribution in [-0.4, -0.2) is 9.97 Å². The number of aromatic nitrogens is 2. The first-order valence-electron chi connectivity index (χ1n) is 7.67. The molecule has 0 saturated heterocycles. The molecule has 0 unspecified atom stereocenters. The van der Waals surface area contributed by atoms with E-state index in [0.717, 1.165) is 27.7 Å². The van der Waals surface area contributed by atoms with E-state index in [4.69, 9.17) is 0 Å². The molecule has 5 aromatic rings. The second-order valence-corrected chi connectivity index (χ2v) is 5.71. The van der Waals surface area contributed by atoms with Crippen LogP contribution >= 0.6 is 0 Å². The molecule has 2 heteroatoms. The lowest BCUT2D eigenvalue weighted by Gasteiger charge is -2.05. The van der Waals surface area contributed by atoms with Crippen LogP contribution in [0.2, 0.25) is 0 Å². The first-order valence-corrected chi connectivity index (χ1v) is 7.67. The molecular weight excluding hydrogens is 280 g/mol. The Kier molecular flexibility index (Phi) is 2.53. The summed E-state index contributed by atoms with van der Waals surface area (Å²) in [4.78, 5) is 8.05. The number of fused-ring (bicyclic) bond motifs is 4. The fourth-order valence-corrected chi connectivity index (χ4v) is 3.25. The Morgan fingerprint density at radius 3 is 2.52 bits per heavy atom. The molecule has 5 rings (SSSR count). The van der Waals surface area contributed by atoms with E-state index in [-0.39, 0.29) is 0 Å². The zero-order chi connectivity index (χ0) is 15.2. The Morgan fingerprint density at radius 2 is 1.57 bits per heavy atom. The molecule has 107 valence electrons. The van der Waals surface area contributed by atoms with Gasteiger partial charge in [-0.05, 0) is 17.5 Å². The summed E-state index contributed by atoms with van der Waals surface area (Å²) in [7, 11) is 0. The molecule has 1 radical (unpaired) electrons. The maximum Gasteiger partial charge on any atom is 0.0787 e. The Hall–Kier alpha value is -3.13. The third kappa shape index (κ3) is 1.85. The first kappa shape index (κ1) is 12.4. The largest absolute Gasteiger partial charge is 0.354 e. The Bertz CT molecular complexity index is 1160. The third-order valence-electron chi connectivity index (χ3n) is 4.35. The molecule has 0 aliphatic rings. The van der Waals surface area contributed by atoms with Gasteiger partial charge in [0.2, 0.25) is 0 Å². The highest BCUT2D eigenvalue weighted by Gasteiger charge is 2.09. The second-order valence-electron chi connectivity index (χ2n) is 5.71. The van der Waals surface area contributed by atoms with Crippen LogP contribution in [0.5, 0.6) is 0 Å². The van der Waals surface area contributed by atoms with Crippen LogP contribution < -0.4 is 0 Å². The fourth-order valence-electron chi connectivity index (χ4n) is 3.25. The summed E-state index contributed by atoms with van der Waals surface area (Å²) in [6.45, 7) is 0. The van der Waals surface area contributed by atoms with Crippen molar-refractivity contribution in [1.29, 1.82) is 0 Å². The highest BCUT2D eigenvalue weighted by atomic mass is 14.7. The lowest BCUT2D eigenvalue weighted by molar-refractivity contribution is 1.36. The second kappa shape index (κ2) is 4.68. The van der Waals surface area contributed by atoms with Crippen LogP contribution in [0.15, 0.2) is 72.9 Å². The summed E-state index contributed by atoms with van der Waals surface area (Å²) in [6, 6.07) is 26.5. The molecule has 0 spiro atoms. The number of benzene rings is 3. The van der Waals surface area contributed by atoms with Crippen molar-refractivity contribution in [3.8, 4) is 11.3 Å². The van der Waals surface area contributed by atoms with Gasteiger partial charge in [0.25, 0.3) is 0 Å². The topological polar surface area (TPSA) is 28.7 Å². The molecule has 23 heavy (non-hydrogen) atoms. The lowest BCUT2D eigenvalue weighted by Crippen LogP contribution is -1.86. The van der Waals surface area contributed by atoms with Crippen molar-refractivity contribution in [2.45, 2.75) is 0 Å². The Balaban J connectivity index is 1.81. The number of para-hydroxylation sites is 1. The first-order chi connectivity index (χ1) is 11.4.